The first-order chi connectivity index (χ1) is 16.8. The average molecular weight is 473 g/mol. The van der Waals surface area contributed by atoms with Gasteiger partial charge in [-0.2, -0.15) is 0 Å². The van der Waals surface area contributed by atoms with Gasteiger partial charge in [-0.3, -0.25) is 14.4 Å². The number of rotatable bonds is 8. The Bertz CT molecular complexity index is 1410. The van der Waals surface area contributed by atoms with Crippen LogP contribution in [0.1, 0.15) is 34.0 Å². The van der Waals surface area contributed by atoms with Gasteiger partial charge in [-0.05, 0) is 55.3 Å². The molecule has 0 saturated carbocycles. The lowest BCUT2D eigenvalue weighted by Crippen LogP contribution is -2.29. The number of hydrogen-bond acceptors (Lipinski definition) is 6. The third kappa shape index (κ3) is 5.42. The molecule has 0 bridgehead atoms. The van der Waals surface area contributed by atoms with Gasteiger partial charge in [0.25, 0.3) is 11.5 Å². The highest BCUT2D eigenvalue weighted by atomic mass is 16.4. The summed E-state index contributed by atoms with van der Waals surface area (Å²) in [4.78, 5) is 36.9. The zero-order chi connectivity index (χ0) is 24.9. The largest absolute Gasteiger partial charge is 0.481 e. The fourth-order valence-corrected chi connectivity index (χ4v) is 3.75. The molecule has 0 unspecified atom stereocenters. The highest BCUT2D eigenvalue weighted by molar-refractivity contribution is 6.04. The Morgan fingerprint density at radius 3 is 2.37 bits per heavy atom. The molecule has 9 heteroatoms. The summed E-state index contributed by atoms with van der Waals surface area (Å²) in [5.74, 6) is -2.65. The Morgan fingerprint density at radius 2 is 1.69 bits per heavy atom. The van der Waals surface area contributed by atoms with Crippen molar-refractivity contribution < 1.29 is 19.8 Å². The number of carbonyl (C=O) groups is 2. The standard InChI is InChI=1S/C26H24N4O5/c1-16-6-8-18(9-7-16)24(32)27-19-12-10-17(11-13-19)23(31)21(26(34)35)14-15-30-25(33)20-4-2-3-5-22(20)28-29-30/h2-13,21,23,31H,14-15H2,1H3,(H,27,32)(H,34,35)/t21-,23+/m0/s1. The van der Waals surface area contributed by atoms with Crippen LogP contribution in [0.25, 0.3) is 10.9 Å². The second-order valence-corrected chi connectivity index (χ2v) is 8.26. The Hall–Kier alpha value is -4.37. The summed E-state index contributed by atoms with van der Waals surface area (Å²) in [7, 11) is 0. The van der Waals surface area contributed by atoms with Crippen LogP contribution >= 0.6 is 0 Å². The fourth-order valence-electron chi connectivity index (χ4n) is 3.75. The highest BCUT2D eigenvalue weighted by Gasteiger charge is 2.28. The van der Waals surface area contributed by atoms with Crippen molar-refractivity contribution in [2.24, 2.45) is 5.92 Å². The lowest BCUT2D eigenvalue weighted by Gasteiger charge is -2.20. The topological polar surface area (TPSA) is 134 Å². The number of aromatic nitrogens is 3. The van der Waals surface area contributed by atoms with Crippen LogP contribution in [0.4, 0.5) is 5.69 Å². The normalized spacial score (nSPS) is 12.7. The first kappa shape index (κ1) is 23.8. The summed E-state index contributed by atoms with van der Waals surface area (Å²) in [6, 6.07) is 20.2. The molecule has 4 rings (SSSR count). The summed E-state index contributed by atoms with van der Waals surface area (Å²) < 4.78 is 1.11. The van der Waals surface area contributed by atoms with Gasteiger partial charge in [-0.25, -0.2) is 4.68 Å². The van der Waals surface area contributed by atoms with Crippen molar-refractivity contribution in [1.82, 2.24) is 15.0 Å². The van der Waals surface area contributed by atoms with Gasteiger partial charge < -0.3 is 15.5 Å². The van der Waals surface area contributed by atoms with Crippen LogP contribution in [0, 0.1) is 12.8 Å². The summed E-state index contributed by atoms with van der Waals surface area (Å²) in [5.41, 5.74) is 2.53. The number of carboxylic acids is 1. The Morgan fingerprint density at radius 1 is 1.00 bits per heavy atom. The van der Waals surface area contributed by atoms with Gasteiger partial charge in [0.05, 0.1) is 17.4 Å². The van der Waals surface area contributed by atoms with Gasteiger partial charge in [0.1, 0.15) is 5.52 Å². The molecule has 178 valence electrons. The number of benzene rings is 3. The lowest BCUT2D eigenvalue weighted by atomic mass is 9.92. The first-order valence-corrected chi connectivity index (χ1v) is 11.0. The minimum absolute atomic E-state index is 0.0185. The molecule has 0 spiro atoms. The van der Waals surface area contributed by atoms with Gasteiger partial charge in [-0.15, -0.1) is 5.10 Å². The molecule has 0 fully saturated rings. The molecule has 3 N–H and O–H groups in total. The quantitative estimate of drug-likeness (QED) is 0.358. The van der Waals surface area contributed by atoms with E-state index in [0.717, 1.165) is 10.2 Å². The molecule has 0 radical (unpaired) electrons. The number of anilines is 1. The SMILES string of the molecule is Cc1ccc(C(=O)Nc2ccc([C@@H](O)[C@H](CCn3nnc4ccccc4c3=O)C(=O)O)cc2)cc1. The number of aliphatic hydroxyl groups is 1. The molecule has 1 aromatic heterocycles. The third-order valence-electron chi connectivity index (χ3n) is 5.80. The van der Waals surface area contributed by atoms with Crippen molar-refractivity contribution in [1.29, 1.82) is 0 Å². The van der Waals surface area contributed by atoms with Gasteiger partial charge in [0.15, 0.2) is 0 Å². The number of carbonyl (C=O) groups excluding carboxylic acids is 1. The molecule has 4 aromatic rings. The lowest BCUT2D eigenvalue weighted by molar-refractivity contribution is -0.146. The Labute approximate surface area is 200 Å². The van der Waals surface area contributed by atoms with Crippen LogP contribution in [0.5, 0.6) is 0 Å². The Balaban J connectivity index is 1.44. The maximum Gasteiger partial charge on any atom is 0.309 e. The summed E-state index contributed by atoms with van der Waals surface area (Å²) >= 11 is 0. The minimum Gasteiger partial charge on any atom is -0.481 e. The van der Waals surface area contributed by atoms with Gasteiger partial charge in [-0.1, -0.05) is 47.2 Å². The van der Waals surface area contributed by atoms with Crippen LogP contribution in [0.2, 0.25) is 0 Å². The zero-order valence-electron chi connectivity index (χ0n) is 19.0. The van der Waals surface area contributed by atoms with Crippen molar-refractivity contribution in [2.75, 3.05) is 5.32 Å². The van der Waals surface area contributed by atoms with Crippen LogP contribution in [0.15, 0.2) is 77.6 Å². The maximum atomic E-state index is 12.6. The smallest absolute Gasteiger partial charge is 0.309 e. The number of fused-ring (bicyclic) bond motifs is 1. The first-order valence-electron chi connectivity index (χ1n) is 11.0. The fraction of sp³-hybridized carbons (Fsp3) is 0.192. The zero-order valence-corrected chi connectivity index (χ0v) is 19.0. The number of carboxylic acid groups (broad SMARTS) is 1. The summed E-state index contributed by atoms with van der Waals surface area (Å²) in [6.07, 6.45) is -1.35. The number of amides is 1. The number of nitrogens with one attached hydrogen (secondary N) is 1. The second-order valence-electron chi connectivity index (χ2n) is 8.26. The molecule has 9 nitrogen and oxygen atoms in total. The maximum absolute atomic E-state index is 12.6. The number of aryl methyl sites for hydroxylation is 2. The van der Waals surface area contributed by atoms with E-state index in [1.54, 1.807) is 60.7 Å². The van der Waals surface area contributed by atoms with Gasteiger partial charge in [0.2, 0.25) is 0 Å². The van der Waals surface area contributed by atoms with Gasteiger partial charge in [0, 0.05) is 17.8 Å². The molecule has 0 aliphatic heterocycles. The molecule has 0 aliphatic rings. The molecule has 2 atom stereocenters. The molecular formula is C26H24N4O5. The second kappa shape index (κ2) is 10.3. The van der Waals surface area contributed by atoms with E-state index in [-0.39, 0.29) is 24.4 Å². The molecule has 0 aliphatic carbocycles. The van der Waals surface area contributed by atoms with E-state index < -0.39 is 18.0 Å². The van der Waals surface area contributed by atoms with Crippen molar-refractivity contribution >= 4 is 28.5 Å². The van der Waals surface area contributed by atoms with E-state index in [1.165, 1.54) is 0 Å². The number of hydrogen-bond donors (Lipinski definition) is 3. The Kier molecular flexibility index (Phi) is 6.98. The summed E-state index contributed by atoms with van der Waals surface area (Å²) in [5, 5.41) is 31.5. The van der Waals surface area contributed by atoms with Gasteiger partial charge >= 0.3 is 5.97 Å². The molecule has 3 aromatic carbocycles. The van der Waals surface area contributed by atoms with Crippen molar-refractivity contribution in [3.05, 3.63) is 99.8 Å². The average Bonchev–Trinajstić information content (AvgIpc) is 2.86. The molecule has 0 saturated heterocycles. The van der Waals surface area contributed by atoms with Crippen LogP contribution in [-0.2, 0) is 11.3 Å². The van der Waals surface area contributed by atoms with E-state index in [2.05, 4.69) is 15.6 Å². The molecule has 1 amide bonds. The van der Waals surface area contributed by atoms with E-state index >= 15 is 0 Å². The monoisotopic (exact) mass is 472 g/mol. The van der Waals surface area contributed by atoms with E-state index in [0.29, 0.717) is 27.7 Å². The number of aliphatic hydroxyl groups excluding tert-OH is 1. The number of nitrogens with zero attached hydrogens (tertiary/aromatic N) is 3. The predicted molar refractivity (Wildman–Crippen MR) is 130 cm³/mol. The van der Waals surface area contributed by atoms with E-state index in [4.69, 9.17) is 0 Å². The minimum atomic E-state index is -1.32. The van der Waals surface area contributed by atoms with Crippen molar-refractivity contribution in [2.45, 2.75) is 26.0 Å². The summed E-state index contributed by atoms with van der Waals surface area (Å²) in [6.45, 7) is 1.92. The van der Waals surface area contributed by atoms with Crippen LogP contribution < -0.4 is 10.9 Å². The van der Waals surface area contributed by atoms with Crippen molar-refractivity contribution in [3.8, 4) is 0 Å². The highest BCUT2D eigenvalue weighted by Crippen LogP contribution is 2.27. The van der Waals surface area contributed by atoms with Crippen LogP contribution in [-0.4, -0.2) is 37.1 Å². The molecular weight excluding hydrogens is 448 g/mol. The van der Waals surface area contributed by atoms with E-state index in [1.807, 2.05) is 19.1 Å². The van der Waals surface area contributed by atoms with Crippen molar-refractivity contribution in [3.63, 3.8) is 0 Å². The number of aliphatic carboxylic acids is 1. The molecule has 35 heavy (non-hydrogen) atoms. The molecule has 1 heterocycles. The van der Waals surface area contributed by atoms with E-state index in [9.17, 15) is 24.6 Å². The third-order valence-corrected chi connectivity index (χ3v) is 5.80. The van der Waals surface area contributed by atoms with Crippen LogP contribution in [0.3, 0.4) is 0 Å². The predicted octanol–water partition coefficient (Wildman–Crippen LogP) is 3.18.